The van der Waals surface area contributed by atoms with Gasteiger partial charge in [-0.3, -0.25) is 19.3 Å². The molecule has 1 N–H and O–H groups in total. The van der Waals surface area contributed by atoms with E-state index < -0.39 is 29.4 Å². The molecule has 2 heterocycles. The average molecular weight is 580 g/mol. The highest BCUT2D eigenvalue weighted by Crippen LogP contribution is 2.39. The number of benzene rings is 3. The quantitative estimate of drug-likeness (QED) is 0.456. The van der Waals surface area contributed by atoms with Crippen LogP contribution in [0, 0.1) is 13.8 Å². The molecule has 42 heavy (non-hydrogen) atoms. The molecule has 0 aromatic heterocycles. The van der Waals surface area contributed by atoms with Gasteiger partial charge in [0.05, 0.1) is 12.2 Å². The largest absolute Gasteiger partial charge is 0.416 e. The van der Waals surface area contributed by atoms with Crippen molar-refractivity contribution >= 4 is 17.7 Å². The van der Waals surface area contributed by atoms with E-state index in [1.54, 1.807) is 29.2 Å². The number of nitrogens with zero attached hydrogens (tertiary/aromatic N) is 2. The van der Waals surface area contributed by atoms with Crippen molar-refractivity contribution in [2.45, 2.75) is 51.2 Å². The number of halogens is 3. The minimum Gasteiger partial charge on any atom is -0.353 e. The lowest BCUT2D eigenvalue weighted by Gasteiger charge is -2.44. The predicted molar refractivity (Wildman–Crippen MR) is 149 cm³/mol. The van der Waals surface area contributed by atoms with Crippen LogP contribution in [0.3, 0.4) is 0 Å². The maximum Gasteiger partial charge on any atom is 0.416 e. The fourth-order valence-electron chi connectivity index (χ4n) is 5.61. The molecule has 7 nitrogen and oxygen atoms in total. The van der Waals surface area contributed by atoms with Crippen LogP contribution in [0.15, 0.2) is 72.8 Å². The first-order valence-electron chi connectivity index (χ1n) is 13.8. The molecule has 0 bridgehead atoms. The fraction of sp³-hybridized carbons (Fsp3) is 0.344. The molecule has 5 rings (SSSR count). The molecule has 220 valence electrons. The monoisotopic (exact) mass is 579 g/mol. The highest BCUT2D eigenvalue weighted by molar-refractivity contribution is 5.99. The van der Waals surface area contributed by atoms with E-state index in [2.05, 4.69) is 5.32 Å². The number of piperidine rings is 1. The number of ether oxygens (including phenoxy) is 1. The van der Waals surface area contributed by atoms with Gasteiger partial charge in [-0.25, -0.2) is 0 Å². The Morgan fingerprint density at radius 3 is 2.29 bits per heavy atom. The molecule has 0 aliphatic carbocycles. The Labute approximate surface area is 242 Å². The maximum absolute atomic E-state index is 14.0. The summed E-state index contributed by atoms with van der Waals surface area (Å²) in [6.07, 6.45) is -3.89. The van der Waals surface area contributed by atoms with Crippen molar-refractivity contribution in [2.24, 2.45) is 0 Å². The number of carbonyl (C=O) groups excluding carboxylic acids is 3. The lowest BCUT2D eigenvalue weighted by atomic mass is 9.95. The van der Waals surface area contributed by atoms with Crippen LogP contribution in [0.1, 0.15) is 55.8 Å². The van der Waals surface area contributed by atoms with Gasteiger partial charge in [-0.1, -0.05) is 48.0 Å². The summed E-state index contributed by atoms with van der Waals surface area (Å²) in [6, 6.07) is 18.1. The number of nitrogens with one attached hydrogen (secondary N) is 1. The normalized spacial score (nSPS) is 18.3. The van der Waals surface area contributed by atoms with Gasteiger partial charge in [0.15, 0.2) is 0 Å². The second-order valence-electron chi connectivity index (χ2n) is 10.8. The maximum atomic E-state index is 14.0. The highest BCUT2D eigenvalue weighted by atomic mass is 19.4. The second-order valence-corrected chi connectivity index (χ2v) is 10.8. The molecule has 1 atom stereocenters. The summed E-state index contributed by atoms with van der Waals surface area (Å²) in [6.45, 7) is 4.19. The third-order valence-corrected chi connectivity index (χ3v) is 8.01. The Kier molecular flexibility index (Phi) is 8.10. The molecular formula is C32H32F3N3O4. The minimum atomic E-state index is -4.50. The number of amides is 3. The summed E-state index contributed by atoms with van der Waals surface area (Å²) in [7, 11) is 0. The number of alkyl halides is 3. The van der Waals surface area contributed by atoms with Crippen LogP contribution in [-0.2, 0) is 22.3 Å². The first-order chi connectivity index (χ1) is 20.0. The first-order valence-corrected chi connectivity index (χ1v) is 13.8. The average Bonchev–Trinajstić information content (AvgIpc) is 3.34. The van der Waals surface area contributed by atoms with Gasteiger partial charge in [-0.2, -0.15) is 13.2 Å². The number of aryl methyl sites for hydroxylation is 2. The number of hydrogen-bond acceptors (Lipinski definition) is 4. The number of likely N-dealkylation sites (tertiary alicyclic amines) is 1. The van der Waals surface area contributed by atoms with Crippen molar-refractivity contribution in [1.29, 1.82) is 0 Å². The molecule has 0 radical (unpaired) electrons. The summed E-state index contributed by atoms with van der Waals surface area (Å²) in [5.74, 6) is -1.01. The SMILES string of the molecule is Cc1ccc(C(=O)N2CCC3(CC2)OC[C@H](C(=O)NCc2cccc(C(F)(F)F)c2)N3C(=O)c2ccccc2C)cc1. The Balaban J connectivity index is 1.36. The number of rotatable bonds is 5. The molecule has 3 amide bonds. The third-order valence-electron chi connectivity index (χ3n) is 8.01. The van der Waals surface area contributed by atoms with E-state index in [1.807, 2.05) is 38.1 Å². The van der Waals surface area contributed by atoms with Gasteiger partial charge < -0.3 is 15.0 Å². The molecular weight excluding hydrogens is 547 g/mol. The summed E-state index contributed by atoms with van der Waals surface area (Å²) >= 11 is 0. The molecule has 2 fully saturated rings. The molecule has 3 aromatic rings. The van der Waals surface area contributed by atoms with E-state index in [0.29, 0.717) is 37.1 Å². The number of carbonyl (C=O) groups is 3. The summed E-state index contributed by atoms with van der Waals surface area (Å²) < 4.78 is 45.7. The van der Waals surface area contributed by atoms with Gasteiger partial charge in [-0.15, -0.1) is 0 Å². The van der Waals surface area contributed by atoms with Crippen LogP contribution in [0.25, 0.3) is 0 Å². The van der Waals surface area contributed by atoms with E-state index in [-0.39, 0.29) is 30.5 Å². The topological polar surface area (TPSA) is 79.0 Å². The summed E-state index contributed by atoms with van der Waals surface area (Å²) in [5, 5.41) is 2.70. The zero-order valence-corrected chi connectivity index (χ0v) is 23.4. The van der Waals surface area contributed by atoms with Crippen molar-refractivity contribution in [2.75, 3.05) is 19.7 Å². The van der Waals surface area contributed by atoms with Crippen LogP contribution in [0.5, 0.6) is 0 Å². The van der Waals surface area contributed by atoms with Crippen molar-refractivity contribution in [1.82, 2.24) is 15.1 Å². The van der Waals surface area contributed by atoms with Crippen LogP contribution in [0.2, 0.25) is 0 Å². The van der Waals surface area contributed by atoms with Gasteiger partial charge in [0.25, 0.3) is 11.8 Å². The van der Waals surface area contributed by atoms with E-state index in [1.165, 1.54) is 17.0 Å². The van der Waals surface area contributed by atoms with E-state index >= 15 is 0 Å². The number of hydrogen-bond donors (Lipinski definition) is 1. The predicted octanol–water partition coefficient (Wildman–Crippen LogP) is 5.11. The van der Waals surface area contributed by atoms with Crippen LogP contribution < -0.4 is 5.32 Å². The zero-order valence-electron chi connectivity index (χ0n) is 23.4. The van der Waals surface area contributed by atoms with E-state index in [4.69, 9.17) is 4.74 Å². The third kappa shape index (κ3) is 5.90. The molecule has 1 spiro atoms. The summed E-state index contributed by atoms with van der Waals surface area (Å²) in [4.78, 5) is 43.8. The highest BCUT2D eigenvalue weighted by Gasteiger charge is 2.54. The van der Waals surface area contributed by atoms with Gasteiger partial charge in [0, 0.05) is 43.6 Å². The first kappa shape index (κ1) is 29.3. The molecule has 3 aromatic carbocycles. The van der Waals surface area contributed by atoms with Crippen molar-refractivity contribution in [3.63, 3.8) is 0 Å². The van der Waals surface area contributed by atoms with Crippen molar-refractivity contribution in [3.8, 4) is 0 Å². The molecule has 2 aliphatic rings. The van der Waals surface area contributed by atoms with Crippen molar-refractivity contribution in [3.05, 3.63) is 106 Å². The minimum absolute atomic E-state index is 0.0715. The van der Waals surface area contributed by atoms with Crippen LogP contribution in [0.4, 0.5) is 13.2 Å². The summed E-state index contributed by atoms with van der Waals surface area (Å²) in [5.41, 5.74) is 1.15. The lowest BCUT2D eigenvalue weighted by Crippen LogP contribution is -2.59. The van der Waals surface area contributed by atoms with Crippen molar-refractivity contribution < 1.29 is 32.3 Å². The second kappa shape index (κ2) is 11.6. The molecule has 0 saturated carbocycles. The van der Waals surface area contributed by atoms with Gasteiger partial charge >= 0.3 is 6.18 Å². The molecule has 2 saturated heterocycles. The molecule has 0 unspecified atom stereocenters. The Morgan fingerprint density at radius 2 is 1.62 bits per heavy atom. The lowest BCUT2D eigenvalue weighted by molar-refractivity contribution is -0.137. The van der Waals surface area contributed by atoms with Gasteiger partial charge in [0.2, 0.25) is 5.91 Å². The van der Waals surface area contributed by atoms with E-state index in [9.17, 15) is 27.6 Å². The smallest absolute Gasteiger partial charge is 0.353 e. The molecule has 10 heteroatoms. The van der Waals surface area contributed by atoms with Gasteiger partial charge in [0.1, 0.15) is 11.8 Å². The Bertz CT molecular complexity index is 1480. The van der Waals surface area contributed by atoms with Gasteiger partial charge in [-0.05, 0) is 55.3 Å². The fourth-order valence-corrected chi connectivity index (χ4v) is 5.61. The van der Waals surface area contributed by atoms with Crippen LogP contribution >= 0.6 is 0 Å². The Morgan fingerprint density at radius 1 is 0.929 bits per heavy atom. The standard InChI is InChI=1S/C32H32F3N3O4/c1-21-10-12-24(13-11-21)29(40)37-16-14-31(15-17-37)38(30(41)26-9-4-3-6-22(26)2)27(20-42-31)28(39)36-19-23-7-5-8-25(18-23)32(33,34)35/h3-13,18,27H,14-17,19-20H2,1-2H3,(H,36,39)/t27-/m1/s1. The Hall–Kier alpha value is -4.18. The van der Waals surface area contributed by atoms with E-state index in [0.717, 1.165) is 23.3 Å². The van der Waals surface area contributed by atoms with Crippen LogP contribution in [-0.4, -0.2) is 59.0 Å². The molecule has 2 aliphatic heterocycles. The zero-order chi connectivity index (χ0) is 30.1.